The van der Waals surface area contributed by atoms with Crippen LogP contribution in [0.4, 0.5) is 11.5 Å². The third-order valence-electron chi connectivity index (χ3n) is 6.84. The van der Waals surface area contributed by atoms with Crippen LogP contribution in [0.1, 0.15) is 37.2 Å². The summed E-state index contributed by atoms with van der Waals surface area (Å²) in [6.45, 7) is 5.85. The van der Waals surface area contributed by atoms with E-state index in [9.17, 15) is 0 Å². The number of benzene rings is 1. The van der Waals surface area contributed by atoms with Gasteiger partial charge in [0.15, 0.2) is 11.6 Å². The second-order valence-corrected chi connectivity index (χ2v) is 9.20. The molecule has 9 nitrogen and oxygen atoms in total. The molecule has 1 aliphatic carbocycles. The van der Waals surface area contributed by atoms with Crippen molar-refractivity contribution >= 4 is 22.5 Å². The van der Waals surface area contributed by atoms with Crippen molar-refractivity contribution in [3.8, 4) is 11.5 Å². The lowest BCUT2D eigenvalue weighted by Gasteiger charge is -2.31. The Morgan fingerprint density at radius 1 is 1.00 bits per heavy atom. The van der Waals surface area contributed by atoms with Gasteiger partial charge >= 0.3 is 0 Å². The lowest BCUT2D eigenvalue weighted by Crippen LogP contribution is -2.36. The molecule has 0 radical (unpaired) electrons. The van der Waals surface area contributed by atoms with Gasteiger partial charge in [-0.3, -0.25) is 4.98 Å². The van der Waals surface area contributed by atoms with E-state index in [0.29, 0.717) is 12.6 Å². The Kier molecular flexibility index (Phi) is 5.78. The van der Waals surface area contributed by atoms with Crippen LogP contribution in [-0.4, -0.2) is 65.0 Å². The van der Waals surface area contributed by atoms with Crippen molar-refractivity contribution in [2.45, 2.75) is 51.2 Å². The first-order valence-corrected chi connectivity index (χ1v) is 12.2. The molecular weight excluding hydrogens is 432 g/mol. The molecule has 1 saturated carbocycles. The first-order valence-electron chi connectivity index (χ1n) is 12.2. The minimum atomic E-state index is 0.150. The van der Waals surface area contributed by atoms with Crippen molar-refractivity contribution < 1.29 is 14.2 Å². The normalized spacial score (nSPS) is 22.3. The van der Waals surface area contributed by atoms with E-state index < -0.39 is 0 Å². The summed E-state index contributed by atoms with van der Waals surface area (Å²) in [7, 11) is 0. The van der Waals surface area contributed by atoms with Crippen LogP contribution in [0.15, 0.2) is 24.5 Å². The van der Waals surface area contributed by atoms with Crippen molar-refractivity contribution in [2.75, 3.05) is 43.1 Å². The van der Waals surface area contributed by atoms with Crippen molar-refractivity contribution in [2.24, 2.45) is 0 Å². The number of aryl methyl sites for hydroxylation is 1. The van der Waals surface area contributed by atoms with Crippen LogP contribution in [0.5, 0.6) is 11.5 Å². The first-order chi connectivity index (χ1) is 16.7. The second kappa shape index (κ2) is 9.21. The average molecular weight is 463 g/mol. The summed E-state index contributed by atoms with van der Waals surface area (Å²) in [4.78, 5) is 20.6. The molecule has 6 rings (SSSR count). The zero-order valence-electron chi connectivity index (χ0n) is 19.5. The molecule has 4 heterocycles. The number of nitrogens with one attached hydrogen (secondary N) is 1. The van der Waals surface area contributed by atoms with Crippen LogP contribution in [0, 0.1) is 6.92 Å². The van der Waals surface area contributed by atoms with Gasteiger partial charge in [0, 0.05) is 49.7 Å². The Hall–Kier alpha value is -3.20. The Labute approximate surface area is 198 Å². The summed E-state index contributed by atoms with van der Waals surface area (Å²) in [5.74, 6) is 3.27. The van der Waals surface area contributed by atoms with Crippen LogP contribution in [-0.2, 0) is 11.2 Å². The van der Waals surface area contributed by atoms with Gasteiger partial charge in [0.05, 0.1) is 37.1 Å². The maximum absolute atomic E-state index is 6.55. The lowest BCUT2D eigenvalue weighted by atomic mass is 9.93. The zero-order chi connectivity index (χ0) is 22.9. The Morgan fingerprint density at radius 3 is 2.68 bits per heavy atom. The third kappa shape index (κ3) is 4.32. The highest BCUT2D eigenvalue weighted by atomic mass is 16.5. The Bertz CT molecular complexity index is 1170. The fraction of sp³-hybridized carbons (Fsp3) is 0.520. The molecule has 3 aliphatic rings. The molecule has 0 spiro atoms. The van der Waals surface area contributed by atoms with Crippen LogP contribution < -0.4 is 19.7 Å². The van der Waals surface area contributed by atoms with Gasteiger partial charge in [-0.2, -0.15) is 0 Å². The number of morpholine rings is 1. The first kappa shape index (κ1) is 21.3. The highest BCUT2D eigenvalue weighted by Gasteiger charge is 2.27. The van der Waals surface area contributed by atoms with Crippen molar-refractivity contribution in [3.05, 3.63) is 36.0 Å². The molecule has 1 saturated heterocycles. The number of anilines is 2. The highest BCUT2D eigenvalue weighted by Crippen LogP contribution is 2.35. The number of hydrogen-bond donors (Lipinski definition) is 1. The minimum Gasteiger partial charge on any atom is -0.488 e. The standard InChI is InChI=1S/C25H30N6O3/c1-16-28-20-6-11-33-24(20)25(29-16)30-17-2-4-19(5-3-17)34-22-15-18(31-9-12-32-13-10-31)14-21-23(22)27-8-7-26-21/h7-8,14-15,17,19H,2-6,9-13H2,1H3,(H,28,29,30)/t17-,19+. The van der Waals surface area contributed by atoms with Crippen molar-refractivity contribution in [1.29, 1.82) is 0 Å². The van der Waals surface area contributed by atoms with E-state index in [1.54, 1.807) is 12.4 Å². The molecule has 2 aromatic heterocycles. The quantitative estimate of drug-likeness (QED) is 0.613. The monoisotopic (exact) mass is 462 g/mol. The summed E-state index contributed by atoms with van der Waals surface area (Å²) in [6, 6.07) is 4.57. The summed E-state index contributed by atoms with van der Waals surface area (Å²) in [5.41, 5.74) is 3.82. The van der Waals surface area contributed by atoms with Crippen LogP contribution >= 0.6 is 0 Å². The summed E-state index contributed by atoms with van der Waals surface area (Å²) >= 11 is 0. The Balaban J connectivity index is 1.15. The SMILES string of the molecule is Cc1nc2c(c(N[C@H]3CC[C@@H](Oc4cc(N5CCOCC5)cc5nccnc45)CC3)n1)OCC2. The van der Waals surface area contributed by atoms with Gasteiger partial charge in [0.25, 0.3) is 0 Å². The van der Waals surface area contributed by atoms with Gasteiger partial charge in [-0.1, -0.05) is 0 Å². The lowest BCUT2D eigenvalue weighted by molar-refractivity contribution is 0.122. The van der Waals surface area contributed by atoms with Crippen LogP contribution in [0.2, 0.25) is 0 Å². The third-order valence-corrected chi connectivity index (χ3v) is 6.84. The molecule has 9 heteroatoms. The zero-order valence-corrected chi connectivity index (χ0v) is 19.5. The van der Waals surface area contributed by atoms with Gasteiger partial charge < -0.3 is 24.4 Å². The number of fused-ring (bicyclic) bond motifs is 2. The molecule has 0 atom stereocenters. The average Bonchev–Trinajstić information content (AvgIpc) is 3.34. The highest BCUT2D eigenvalue weighted by molar-refractivity contribution is 5.85. The predicted molar refractivity (Wildman–Crippen MR) is 129 cm³/mol. The molecule has 0 bridgehead atoms. The number of nitrogens with zero attached hydrogens (tertiary/aromatic N) is 5. The Morgan fingerprint density at radius 2 is 1.82 bits per heavy atom. The van der Waals surface area contributed by atoms with Gasteiger partial charge in [-0.15, -0.1) is 0 Å². The van der Waals surface area contributed by atoms with E-state index in [0.717, 1.165) is 104 Å². The van der Waals surface area contributed by atoms with E-state index in [1.165, 1.54) is 0 Å². The van der Waals surface area contributed by atoms with Crippen LogP contribution in [0.25, 0.3) is 11.0 Å². The number of aromatic nitrogens is 4. The smallest absolute Gasteiger partial charge is 0.183 e. The van der Waals surface area contributed by atoms with E-state index in [2.05, 4.69) is 42.3 Å². The summed E-state index contributed by atoms with van der Waals surface area (Å²) < 4.78 is 17.9. The van der Waals surface area contributed by atoms with Gasteiger partial charge in [0.2, 0.25) is 0 Å². The maximum Gasteiger partial charge on any atom is 0.183 e. The summed E-state index contributed by atoms with van der Waals surface area (Å²) in [5, 5.41) is 3.62. The fourth-order valence-corrected chi connectivity index (χ4v) is 5.11. The molecule has 0 amide bonds. The molecule has 3 aromatic rings. The van der Waals surface area contributed by atoms with E-state index in [-0.39, 0.29) is 6.10 Å². The molecule has 1 N–H and O–H groups in total. The molecule has 1 aromatic carbocycles. The van der Waals surface area contributed by atoms with E-state index >= 15 is 0 Å². The number of ether oxygens (including phenoxy) is 3. The molecule has 34 heavy (non-hydrogen) atoms. The van der Waals surface area contributed by atoms with Crippen molar-refractivity contribution in [3.63, 3.8) is 0 Å². The van der Waals surface area contributed by atoms with Gasteiger partial charge in [-0.25, -0.2) is 15.0 Å². The maximum atomic E-state index is 6.55. The van der Waals surface area contributed by atoms with E-state index in [4.69, 9.17) is 14.2 Å². The van der Waals surface area contributed by atoms with E-state index in [1.807, 2.05) is 6.92 Å². The number of hydrogen-bond acceptors (Lipinski definition) is 9. The summed E-state index contributed by atoms with van der Waals surface area (Å²) in [6.07, 6.45) is 8.43. The number of rotatable bonds is 5. The topological polar surface area (TPSA) is 94.5 Å². The largest absolute Gasteiger partial charge is 0.488 e. The minimum absolute atomic E-state index is 0.150. The predicted octanol–water partition coefficient (Wildman–Crippen LogP) is 3.30. The molecule has 0 unspecified atom stereocenters. The van der Waals surface area contributed by atoms with Crippen molar-refractivity contribution in [1.82, 2.24) is 19.9 Å². The van der Waals surface area contributed by atoms with Crippen LogP contribution in [0.3, 0.4) is 0 Å². The molecule has 178 valence electrons. The molecular formula is C25H30N6O3. The van der Waals surface area contributed by atoms with Gasteiger partial charge in [0.1, 0.15) is 17.1 Å². The van der Waals surface area contributed by atoms with Gasteiger partial charge in [-0.05, 0) is 38.7 Å². The second-order valence-electron chi connectivity index (χ2n) is 9.20. The molecule has 2 fully saturated rings. The molecule has 2 aliphatic heterocycles. The fourth-order valence-electron chi connectivity index (χ4n) is 5.11.